The first kappa shape index (κ1) is 27.1. The van der Waals surface area contributed by atoms with E-state index in [0.717, 1.165) is 26.2 Å². The summed E-state index contributed by atoms with van der Waals surface area (Å²) in [4.78, 5) is 27.5. The number of benzene rings is 2. The van der Waals surface area contributed by atoms with Gasteiger partial charge in [-0.3, -0.25) is 13.9 Å². The monoisotopic (exact) mass is 557 g/mol. The number of carbonyl (C=O) groups is 2. The standard InChI is InChI=1S/C23H29BrClN3O4S/c1-15(2)26-23(30)17(4)27(13-18-6-8-19(25)9-7-18)22(29)14-28(33(5,31)32)20-10-11-21(24)16(3)12-20/h6-12,15,17H,13-14H2,1-5H3,(H,26,30)/t17-/m1/s1. The Morgan fingerprint density at radius 1 is 1.09 bits per heavy atom. The van der Waals surface area contributed by atoms with Crippen molar-refractivity contribution in [3.63, 3.8) is 0 Å². The summed E-state index contributed by atoms with van der Waals surface area (Å²) in [5, 5.41) is 3.36. The van der Waals surface area contributed by atoms with Gasteiger partial charge in [-0.15, -0.1) is 0 Å². The number of hydrogen-bond acceptors (Lipinski definition) is 4. The van der Waals surface area contributed by atoms with Gasteiger partial charge in [0.05, 0.1) is 11.9 Å². The van der Waals surface area contributed by atoms with Crippen molar-refractivity contribution >= 4 is 55.1 Å². The highest BCUT2D eigenvalue weighted by molar-refractivity contribution is 9.10. The maximum absolute atomic E-state index is 13.4. The highest BCUT2D eigenvalue weighted by atomic mass is 79.9. The van der Waals surface area contributed by atoms with Gasteiger partial charge in [0.15, 0.2) is 0 Å². The third-order valence-electron chi connectivity index (χ3n) is 4.97. The Labute approximate surface area is 209 Å². The molecule has 180 valence electrons. The lowest BCUT2D eigenvalue weighted by Crippen LogP contribution is -2.52. The molecule has 1 N–H and O–H groups in total. The number of halogens is 2. The summed E-state index contributed by atoms with van der Waals surface area (Å²) in [6, 6.07) is 11.1. The van der Waals surface area contributed by atoms with E-state index in [-0.39, 0.29) is 18.5 Å². The van der Waals surface area contributed by atoms with Crippen LogP contribution >= 0.6 is 27.5 Å². The molecule has 2 aromatic carbocycles. The Bertz CT molecular complexity index is 1110. The number of sulfonamides is 1. The highest BCUT2D eigenvalue weighted by Crippen LogP contribution is 2.25. The molecule has 0 aliphatic rings. The van der Waals surface area contributed by atoms with Crippen molar-refractivity contribution in [2.24, 2.45) is 0 Å². The van der Waals surface area contributed by atoms with Crippen molar-refractivity contribution < 1.29 is 18.0 Å². The Morgan fingerprint density at radius 3 is 2.21 bits per heavy atom. The van der Waals surface area contributed by atoms with Crippen LogP contribution in [-0.2, 0) is 26.2 Å². The van der Waals surface area contributed by atoms with Gasteiger partial charge in [-0.1, -0.05) is 39.7 Å². The second kappa shape index (κ2) is 11.4. The number of carbonyl (C=O) groups excluding carboxylic acids is 2. The van der Waals surface area contributed by atoms with Crippen LogP contribution < -0.4 is 9.62 Å². The fourth-order valence-corrected chi connectivity index (χ4v) is 4.39. The number of nitrogens with zero attached hydrogens (tertiary/aromatic N) is 2. The molecular weight excluding hydrogens is 530 g/mol. The van der Waals surface area contributed by atoms with E-state index < -0.39 is 28.5 Å². The fourth-order valence-electron chi connectivity index (χ4n) is 3.17. The molecule has 7 nitrogen and oxygen atoms in total. The van der Waals surface area contributed by atoms with E-state index >= 15 is 0 Å². The molecule has 0 saturated heterocycles. The minimum Gasteiger partial charge on any atom is -0.352 e. The number of anilines is 1. The predicted molar refractivity (Wildman–Crippen MR) is 136 cm³/mol. The maximum atomic E-state index is 13.4. The summed E-state index contributed by atoms with van der Waals surface area (Å²) in [6.07, 6.45) is 1.05. The largest absolute Gasteiger partial charge is 0.352 e. The average molecular weight is 559 g/mol. The number of hydrogen-bond donors (Lipinski definition) is 1. The van der Waals surface area contributed by atoms with Gasteiger partial charge in [0.25, 0.3) is 0 Å². The lowest BCUT2D eigenvalue weighted by molar-refractivity contribution is -0.139. The first-order valence-corrected chi connectivity index (χ1v) is 13.4. The zero-order valence-corrected chi connectivity index (χ0v) is 22.5. The van der Waals surface area contributed by atoms with Gasteiger partial charge in [0, 0.05) is 22.1 Å². The van der Waals surface area contributed by atoms with Gasteiger partial charge in [0.1, 0.15) is 12.6 Å². The van der Waals surface area contributed by atoms with Gasteiger partial charge in [-0.2, -0.15) is 0 Å². The molecule has 0 spiro atoms. The first-order valence-electron chi connectivity index (χ1n) is 10.4. The molecule has 0 fully saturated rings. The third-order valence-corrected chi connectivity index (χ3v) is 7.26. The van der Waals surface area contributed by atoms with E-state index in [9.17, 15) is 18.0 Å². The van der Waals surface area contributed by atoms with E-state index in [1.165, 1.54) is 4.90 Å². The molecule has 0 radical (unpaired) electrons. The first-order chi connectivity index (χ1) is 15.3. The molecule has 0 saturated carbocycles. The van der Waals surface area contributed by atoms with Crippen molar-refractivity contribution in [3.05, 3.63) is 63.1 Å². The van der Waals surface area contributed by atoms with E-state index in [4.69, 9.17) is 11.6 Å². The van der Waals surface area contributed by atoms with Crippen LogP contribution in [0.25, 0.3) is 0 Å². The van der Waals surface area contributed by atoms with Crippen molar-refractivity contribution in [1.82, 2.24) is 10.2 Å². The Balaban J connectivity index is 2.40. The molecule has 0 aliphatic carbocycles. The Hall–Kier alpha value is -2.10. The minimum absolute atomic E-state index is 0.106. The predicted octanol–water partition coefficient (Wildman–Crippen LogP) is 4.12. The van der Waals surface area contributed by atoms with Gasteiger partial charge in [-0.05, 0) is 69.2 Å². The lowest BCUT2D eigenvalue weighted by Gasteiger charge is -2.32. The molecule has 0 aromatic heterocycles. The van der Waals surface area contributed by atoms with Crippen LogP contribution in [-0.4, -0.2) is 50.0 Å². The van der Waals surface area contributed by atoms with Gasteiger partial charge < -0.3 is 10.2 Å². The van der Waals surface area contributed by atoms with Crippen molar-refractivity contribution in [3.8, 4) is 0 Å². The minimum atomic E-state index is -3.77. The van der Waals surface area contributed by atoms with Crippen LogP contribution in [0.2, 0.25) is 5.02 Å². The molecule has 33 heavy (non-hydrogen) atoms. The van der Waals surface area contributed by atoms with E-state index in [2.05, 4.69) is 21.2 Å². The Kier molecular flexibility index (Phi) is 9.34. The topological polar surface area (TPSA) is 86.8 Å². The number of nitrogens with one attached hydrogen (secondary N) is 1. The summed E-state index contributed by atoms with van der Waals surface area (Å²) in [6.45, 7) is 6.81. The number of amides is 2. The van der Waals surface area contributed by atoms with Crippen molar-refractivity contribution in [2.75, 3.05) is 17.1 Å². The smallest absolute Gasteiger partial charge is 0.244 e. The SMILES string of the molecule is Cc1cc(N(CC(=O)N(Cc2ccc(Cl)cc2)[C@H](C)C(=O)NC(C)C)S(C)(=O)=O)ccc1Br. The maximum Gasteiger partial charge on any atom is 0.244 e. The van der Waals surface area contributed by atoms with Gasteiger partial charge >= 0.3 is 0 Å². The zero-order chi connectivity index (χ0) is 24.9. The van der Waals surface area contributed by atoms with E-state index in [1.54, 1.807) is 49.4 Å². The number of rotatable bonds is 9. The number of aryl methyl sites for hydroxylation is 1. The molecule has 0 aliphatic heterocycles. The van der Waals surface area contributed by atoms with Crippen LogP contribution in [0.1, 0.15) is 31.9 Å². The van der Waals surface area contributed by atoms with Crippen molar-refractivity contribution in [1.29, 1.82) is 0 Å². The van der Waals surface area contributed by atoms with Crippen LogP contribution in [0.3, 0.4) is 0 Å². The molecule has 2 aromatic rings. The molecule has 0 bridgehead atoms. The van der Waals surface area contributed by atoms with Crippen LogP contribution in [0, 0.1) is 6.92 Å². The van der Waals surface area contributed by atoms with E-state index in [0.29, 0.717) is 10.7 Å². The van der Waals surface area contributed by atoms with Crippen LogP contribution in [0.5, 0.6) is 0 Å². The summed E-state index contributed by atoms with van der Waals surface area (Å²) >= 11 is 9.37. The molecule has 0 unspecified atom stereocenters. The van der Waals surface area contributed by atoms with Gasteiger partial charge in [0.2, 0.25) is 21.8 Å². The van der Waals surface area contributed by atoms with Crippen molar-refractivity contribution in [2.45, 2.75) is 46.3 Å². The second-order valence-electron chi connectivity index (χ2n) is 8.19. The quantitative estimate of drug-likeness (QED) is 0.502. The van der Waals surface area contributed by atoms with Crippen LogP contribution in [0.15, 0.2) is 46.9 Å². The molecule has 2 amide bonds. The lowest BCUT2D eigenvalue weighted by atomic mass is 10.1. The van der Waals surface area contributed by atoms with E-state index in [1.807, 2.05) is 20.8 Å². The Morgan fingerprint density at radius 2 is 1.70 bits per heavy atom. The highest BCUT2D eigenvalue weighted by Gasteiger charge is 2.30. The third kappa shape index (κ3) is 7.72. The zero-order valence-electron chi connectivity index (χ0n) is 19.3. The molecular formula is C23H29BrClN3O4S. The summed E-state index contributed by atoms with van der Waals surface area (Å²) in [5.74, 6) is -0.819. The second-order valence-corrected chi connectivity index (χ2v) is 11.4. The summed E-state index contributed by atoms with van der Waals surface area (Å²) in [7, 11) is -3.77. The summed E-state index contributed by atoms with van der Waals surface area (Å²) < 4.78 is 27.0. The van der Waals surface area contributed by atoms with Crippen LogP contribution in [0.4, 0.5) is 5.69 Å². The molecule has 0 heterocycles. The molecule has 2 rings (SSSR count). The molecule has 1 atom stereocenters. The fraction of sp³-hybridized carbons (Fsp3) is 0.391. The summed E-state index contributed by atoms with van der Waals surface area (Å²) in [5.41, 5.74) is 1.97. The van der Waals surface area contributed by atoms with Gasteiger partial charge in [-0.25, -0.2) is 8.42 Å². The average Bonchev–Trinajstić information content (AvgIpc) is 2.71. The molecule has 10 heteroatoms. The normalized spacial score (nSPS) is 12.4.